The Kier molecular flexibility index (Phi) is 9.18. The fourth-order valence-corrected chi connectivity index (χ4v) is 5.37. The molecule has 2 nitrogen and oxygen atoms in total. The van der Waals surface area contributed by atoms with Crippen LogP contribution in [0.25, 0.3) is 11.1 Å². The van der Waals surface area contributed by atoms with Crippen molar-refractivity contribution in [3.63, 3.8) is 0 Å². The highest BCUT2D eigenvalue weighted by Gasteiger charge is 2.26. The highest BCUT2D eigenvalue weighted by molar-refractivity contribution is 5.91. The van der Waals surface area contributed by atoms with Crippen molar-refractivity contribution in [1.29, 1.82) is 0 Å². The molecule has 1 fully saturated rings. The first-order valence-electron chi connectivity index (χ1n) is 12.6. The molecule has 1 aliphatic rings. The molecule has 1 aliphatic carbocycles. The Morgan fingerprint density at radius 2 is 1.58 bits per heavy atom. The summed E-state index contributed by atoms with van der Waals surface area (Å²) in [6, 6.07) is 14.5. The molecule has 0 aromatic heterocycles. The average molecular weight is 420 g/mol. The van der Waals surface area contributed by atoms with Gasteiger partial charge in [-0.05, 0) is 72.6 Å². The molecular weight excluding hydrogens is 380 g/mol. The number of carboxylic acids is 1. The zero-order chi connectivity index (χ0) is 22.1. The van der Waals surface area contributed by atoms with Gasteiger partial charge in [0.05, 0.1) is 5.97 Å². The number of rotatable bonds is 11. The summed E-state index contributed by atoms with van der Waals surface area (Å²) in [5.74, 6) is 0.0723. The summed E-state index contributed by atoms with van der Waals surface area (Å²) in [6.07, 6.45) is 14.7. The Labute approximate surface area is 189 Å². The first-order valence-corrected chi connectivity index (χ1v) is 12.6. The molecule has 3 rings (SSSR count). The number of benzene rings is 2. The van der Waals surface area contributed by atoms with Gasteiger partial charge >= 0.3 is 0 Å². The maximum absolute atomic E-state index is 12.0. The number of carbonyl (C=O) groups is 1. The van der Waals surface area contributed by atoms with E-state index in [2.05, 4.69) is 44.2 Å². The Hall–Kier alpha value is -2.09. The van der Waals surface area contributed by atoms with Crippen LogP contribution in [0.2, 0.25) is 0 Å². The van der Waals surface area contributed by atoms with Gasteiger partial charge in [0.25, 0.3) is 0 Å². The Morgan fingerprint density at radius 1 is 0.871 bits per heavy atom. The number of unbranched alkanes of at least 4 members (excludes halogenated alkanes) is 4. The summed E-state index contributed by atoms with van der Waals surface area (Å²) in [4.78, 5) is 12.0. The van der Waals surface area contributed by atoms with Crippen molar-refractivity contribution >= 4 is 5.97 Å². The Morgan fingerprint density at radius 3 is 2.23 bits per heavy atom. The summed E-state index contributed by atoms with van der Waals surface area (Å²) >= 11 is 0. The van der Waals surface area contributed by atoms with Gasteiger partial charge in [0, 0.05) is 5.56 Å². The molecular formula is C29H39O2-. The van der Waals surface area contributed by atoms with Crippen LogP contribution in [-0.2, 0) is 6.42 Å². The molecule has 168 valence electrons. The number of hydrogen-bond acceptors (Lipinski definition) is 2. The van der Waals surface area contributed by atoms with E-state index in [1.165, 1.54) is 63.4 Å². The van der Waals surface area contributed by atoms with Crippen LogP contribution in [0, 0.1) is 5.92 Å². The summed E-state index contributed by atoms with van der Waals surface area (Å²) in [5, 5.41) is 12.0. The molecule has 0 heterocycles. The second-order valence-electron chi connectivity index (χ2n) is 9.42. The second kappa shape index (κ2) is 12.1. The molecule has 0 amide bonds. The topological polar surface area (TPSA) is 40.1 Å². The van der Waals surface area contributed by atoms with Gasteiger partial charge in [0.15, 0.2) is 0 Å². The summed E-state index contributed by atoms with van der Waals surface area (Å²) in [5.41, 5.74) is 4.97. The smallest absolute Gasteiger partial charge is 0.0718 e. The molecule has 0 unspecified atom stereocenters. The van der Waals surface area contributed by atoms with Gasteiger partial charge in [0.2, 0.25) is 0 Å². The third-order valence-corrected chi connectivity index (χ3v) is 7.11. The van der Waals surface area contributed by atoms with Crippen molar-refractivity contribution < 1.29 is 9.90 Å². The van der Waals surface area contributed by atoms with Gasteiger partial charge in [-0.15, -0.1) is 0 Å². The molecule has 2 heteroatoms. The zero-order valence-corrected chi connectivity index (χ0v) is 19.5. The lowest BCUT2D eigenvalue weighted by atomic mass is 9.74. The molecule has 2 aromatic rings. The lowest BCUT2D eigenvalue weighted by Crippen LogP contribution is -2.26. The highest BCUT2D eigenvalue weighted by atomic mass is 16.4. The van der Waals surface area contributed by atoms with Gasteiger partial charge in [-0.1, -0.05) is 94.8 Å². The van der Waals surface area contributed by atoms with Crippen molar-refractivity contribution in [3.8, 4) is 11.1 Å². The first kappa shape index (κ1) is 23.6. The third kappa shape index (κ3) is 6.45. The zero-order valence-electron chi connectivity index (χ0n) is 19.5. The largest absolute Gasteiger partial charge is 0.545 e. The molecule has 31 heavy (non-hydrogen) atoms. The maximum Gasteiger partial charge on any atom is 0.0718 e. The molecule has 0 radical (unpaired) electrons. The van der Waals surface area contributed by atoms with E-state index in [9.17, 15) is 9.90 Å². The number of carbonyl (C=O) groups excluding carboxylic acids is 1. The van der Waals surface area contributed by atoms with Crippen LogP contribution < -0.4 is 5.11 Å². The molecule has 0 bridgehead atoms. The van der Waals surface area contributed by atoms with Crippen LogP contribution in [0.4, 0.5) is 0 Å². The van der Waals surface area contributed by atoms with Crippen molar-refractivity contribution in [2.45, 2.75) is 96.8 Å². The molecule has 1 saturated carbocycles. The summed E-state index contributed by atoms with van der Waals surface area (Å²) in [6.45, 7) is 4.50. The van der Waals surface area contributed by atoms with Crippen LogP contribution in [0.5, 0.6) is 0 Å². The van der Waals surface area contributed by atoms with Crippen LogP contribution in [0.15, 0.2) is 42.5 Å². The van der Waals surface area contributed by atoms with E-state index < -0.39 is 5.97 Å². The predicted molar refractivity (Wildman–Crippen MR) is 128 cm³/mol. The van der Waals surface area contributed by atoms with E-state index in [0.29, 0.717) is 11.5 Å². The summed E-state index contributed by atoms with van der Waals surface area (Å²) in [7, 11) is 0. The minimum Gasteiger partial charge on any atom is -0.545 e. The van der Waals surface area contributed by atoms with E-state index in [4.69, 9.17) is 0 Å². The van der Waals surface area contributed by atoms with Gasteiger partial charge < -0.3 is 9.90 Å². The van der Waals surface area contributed by atoms with E-state index in [-0.39, 0.29) is 0 Å². The normalized spacial score (nSPS) is 18.8. The van der Waals surface area contributed by atoms with Gasteiger partial charge in [-0.3, -0.25) is 0 Å². The Balaban J connectivity index is 1.78. The predicted octanol–water partition coefficient (Wildman–Crippen LogP) is 7.30. The number of aromatic carboxylic acids is 1. The monoisotopic (exact) mass is 419 g/mol. The lowest BCUT2D eigenvalue weighted by molar-refractivity contribution is -0.255. The number of aryl methyl sites for hydroxylation is 1. The fourth-order valence-electron chi connectivity index (χ4n) is 5.37. The Bertz CT molecular complexity index is 813. The minimum absolute atomic E-state index is 0.315. The van der Waals surface area contributed by atoms with Crippen molar-refractivity contribution in [1.82, 2.24) is 0 Å². The molecule has 2 aromatic carbocycles. The standard InChI is InChI=1S/C29H40O2/c1-3-5-6-7-8-11-23-14-18-24(19-15-23)26-12-9-13-27(29(30)31)28(26)25-20-16-22(10-4-2)17-21-25/h9,12-15,18-19,22,25H,3-8,10-11,16-17,20-21H2,1-2H3,(H,30,31)/p-1. The molecule has 0 N–H and O–H groups in total. The SMILES string of the molecule is CCCCCCCc1ccc(-c2cccc(C(=O)[O-])c2C2CCC(CCC)CC2)cc1. The quantitative estimate of drug-likeness (QED) is 0.358. The van der Waals surface area contributed by atoms with Crippen LogP contribution >= 0.6 is 0 Å². The van der Waals surface area contributed by atoms with Crippen LogP contribution in [0.3, 0.4) is 0 Å². The summed E-state index contributed by atoms with van der Waals surface area (Å²) < 4.78 is 0. The van der Waals surface area contributed by atoms with Crippen LogP contribution in [-0.4, -0.2) is 5.97 Å². The first-order chi connectivity index (χ1) is 15.1. The highest BCUT2D eigenvalue weighted by Crippen LogP contribution is 2.42. The van der Waals surface area contributed by atoms with Gasteiger partial charge in [-0.25, -0.2) is 0 Å². The van der Waals surface area contributed by atoms with Crippen LogP contribution in [0.1, 0.15) is 112 Å². The second-order valence-corrected chi connectivity index (χ2v) is 9.42. The average Bonchev–Trinajstić information content (AvgIpc) is 2.79. The van der Waals surface area contributed by atoms with E-state index in [1.807, 2.05) is 6.07 Å². The van der Waals surface area contributed by atoms with E-state index in [1.54, 1.807) is 6.07 Å². The molecule has 0 atom stereocenters. The number of hydrogen-bond donors (Lipinski definition) is 0. The molecule has 0 aliphatic heterocycles. The molecule has 0 saturated heterocycles. The lowest BCUT2D eigenvalue weighted by Gasteiger charge is -2.31. The van der Waals surface area contributed by atoms with Gasteiger partial charge in [0.1, 0.15) is 0 Å². The maximum atomic E-state index is 12.0. The third-order valence-electron chi connectivity index (χ3n) is 7.11. The van der Waals surface area contributed by atoms with E-state index >= 15 is 0 Å². The van der Waals surface area contributed by atoms with Gasteiger partial charge in [-0.2, -0.15) is 0 Å². The van der Waals surface area contributed by atoms with E-state index in [0.717, 1.165) is 41.9 Å². The number of carboxylic acid groups (broad SMARTS) is 1. The minimum atomic E-state index is -1.05. The van der Waals surface area contributed by atoms with Crippen molar-refractivity contribution in [3.05, 3.63) is 59.2 Å². The molecule has 0 spiro atoms. The van der Waals surface area contributed by atoms with Crippen molar-refractivity contribution in [2.24, 2.45) is 5.92 Å². The van der Waals surface area contributed by atoms with Crippen molar-refractivity contribution in [2.75, 3.05) is 0 Å². The fraction of sp³-hybridized carbons (Fsp3) is 0.552.